The van der Waals surface area contributed by atoms with E-state index >= 15 is 0 Å². The molecule has 0 aromatic carbocycles. The van der Waals surface area contributed by atoms with Gasteiger partial charge in [0.25, 0.3) is 11.5 Å². The van der Waals surface area contributed by atoms with Crippen LogP contribution in [0.15, 0.2) is 47.9 Å². The van der Waals surface area contributed by atoms with Crippen LogP contribution in [0.1, 0.15) is 22.3 Å². The zero-order valence-electron chi connectivity index (χ0n) is 16.2. The van der Waals surface area contributed by atoms with Crippen LogP contribution in [0.4, 0.5) is 0 Å². The lowest BCUT2D eigenvalue weighted by atomic mass is 10.2. The van der Waals surface area contributed by atoms with Crippen LogP contribution in [0.3, 0.4) is 0 Å². The van der Waals surface area contributed by atoms with Gasteiger partial charge >= 0.3 is 0 Å². The molecule has 0 unspecified atom stereocenters. The maximum absolute atomic E-state index is 13.1. The van der Waals surface area contributed by atoms with Crippen molar-refractivity contribution in [3.05, 3.63) is 70.1 Å². The maximum Gasteiger partial charge on any atom is 0.267 e. The maximum atomic E-state index is 13.1. The minimum absolute atomic E-state index is 0.0332. The molecule has 29 heavy (non-hydrogen) atoms. The second-order valence-electron chi connectivity index (χ2n) is 6.88. The number of hydrogen-bond acceptors (Lipinski definition) is 5. The molecule has 0 aliphatic carbocycles. The summed E-state index contributed by atoms with van der Waals surface area (Å²) < 4.78 is 5.05. The molecule has 0 fully saturated rings. The summed E-state index contributed by atoms with van der Waals surface area (Å²) in [6, 6.07) is 5.13. The fourth-order valence-electron chi connectivity index (χ4n) is 3.40. The summed E-state index contributed by atoms with van der Waals surface area (Å²) in [6.45, 7) is 3.03. The van der Waals surface area contributed by atoms with Crippen molar-refractivity contribution in [2.45, 2.75) is 26.4 Å². The molecule has 0 spiro atoms. The number of rotatable bonds is 5. The van der Waals surface area contributed by atoms with E-state index in [0.29, 0.717) is 36.2 Å². The molecule has 0 aliphatic rings. The van der Waals surface area contributed by atoms with Gasteiger partial charge in [0.2, 0.25) is 0 Å². The van der Waals surface area contributed by atoms with Gasteiger partial charge in [0.05, 0.1) is 17.3 Å². The van der Waals surface area contributed by atoms with Gasteiger partial charge in [0, 0.05) is 38.7 Å². The van der Waals surface area contributed by atoms with E-state index in [-0.39, 0.29) is 16.6 Å². The quantitative estimate of drug-likeness (QED) is 0.496. The summed E-state index contributed by atoms with van der Waals surface area (Å²) in [6.07, 6.45) is 7.72. The van der Waals surface area contributed by atoms with E-state index in [0.717, 1.165) is 5.56 Å². The number of carbonyl (C=O) groups is 1. The highest BCUT2D eigenvalue weighted by Crippen LogP contribution is 2.12. The monoisotopic (exact) mass is 391 g/mol. The fraction of sp³-hybridized carbons (Fsp3) is 0.250. The lowest BCUT2D eigenvalue weighted by Gasteiger charge is -2.14. The van der Waals surface area contributed by atoms with E-state index < -0.39 is 5.91 Å². The Bertz CT molecular complexity index is 1330. The van der Waals surface area contributed by atoms with Crippen molar-refractivity contribution in [3.8, 4) is 0 Å². The van der Waals surface area contributed by atoms with Crippen molar-refractivity contribution in [2.75, 3.05) is 7.05 Å². The number of aromatic nitrogens is 5. The van der Waals surface area contributed by atoms with Crippen molar-refractivity contribution < 1.29 is 4.79 Å². The highest BCUT2D eigenvalue weighted by Gasteiger charge is 2.16. The molecule has 4 rings (SSSR count). The second kappa shape index (κ2) is 7.34. The van der Waals surface area contributed by atoms with Crippen LogP contribution in [-0.4, -0.2) is 36.5 Å². The molecule has 4 aromatic rings. The number of fused-ring (bicyclic) bond motifs is 2. The Morgan fingerprint density at radius 1 is 1.28 bits per heavy atom. The lowest BCUT2D eigenvalue weighted by Crippen LogP contribution is -2.34. The highest BCUT2D eigenvalue weighted by molar-refractivity contribution is 5.96. The van der Waals surface area contributed by atoms with Gasteiger partial charge in [0.1, 0.15) is 16.8 Å². The van der Waals surface area contributed by atoms with E-state index in [1.165, 1.54) is 17.5 Å². The normalized spacial score (nSPS) is 11.2. The van der Waals surface area contributed by atoms with Crippen molar-refractivity contribution >= 4 is 22.6 Å². The molecule has 9 nitrogen and oxygen atoms in total. The summed E-state index contributed by atoms with van der Waals surface area (Å²) in [5.41, 5.74) is 1.76. The predicted octanol–water partition coefficient (Wildman–Crippen LogP) is 1.08. The lowest BCUT2D eigenvalue weighted by molar-refractivity contribution is 0.0960. The van der Waals surface area contributed by atoms with Gasteiger partial charge in [-0.15, -0.1) is 0 Å². The van der Waals surface area contributed by atoms with Crippen molar-refractivity contribution in [1.29, 1.82) is 5.41 Å². The van der Waals surface area contributed by atoms with E-state index in [1.54, 1.807) is 29.4 Å². The number of imidazole rings is 1. The molecule has 0 atom stereocenters. The first-order valence-electron chi connectivity index (χ1n) is 9.28. The van der Waals surface area contributed by atoms with Crippen LogP contribution in [0.5, 0.6) is 0 Å². The molecular weight excluding hydrogens is 370 g/mol. The molecule has 0 aliphatic heterocycles. The number of amides is 1. The minimum Gasteiger partial charge on any atom is -0.355 e. The first-order chi connectivity index (χ1) is 14.0. The Labute approximate surface area is 165 Å². The van der Waals surface area contributed by atoms with Gasteiger partial charge in [-0.1, -0.05) is 6.07 Å². The molecule has 9 heteroatoms. The zero-order chi connectivity index (χ0) is 20.5. The number of hydrogen-bond donors (Lipinski definition) is 2. The molecular formula is C20H21N7O2. The van der Waals surface area contributed by atoms with Crippen LogP contribution in [-0.2, 0) is 13.1 Å². The van der Waals surface area contributed by atoms with Crippen LogP contribution in [0.2, 0.25) is 0 Å². The molecule has 0 saturated heterocycles. The van der Waals surface area contributed by atoms with Crippen LogP contribution >= 0.6 is 0 Å². The summed E-state index contributed by atoms with van der Waals surface area (Å²) in [5, 5.41) is 11.4. The molecule has 148 valence electrons. The predicted molar refractivity (Wildman–Crippen MR) is 108 cm³/mol. The SMILES string of the molecule is CNC(=O)c1cc2c(=O)n3cc(C)ccc3nc2n(CCCn2ccnc2)c1=N. The van der Waals surface area contributed by atoms with Crippen LogP contribution < -0.4 is 16.4 Å². The van der Waals surface area contributed by atoms with Crippen molar-refractivity contribution in [1.82, 2.24) is 28.8 Å². The topological polar surface area (TPSA) is 110 Å². The van der Waals surface area contributed by atoms with Crippen molar-refractivity contribution in [2.24, 2.45) is 0 Å². The molecule has 0 bridgehead atoms. The zero-order valence-corrected chi connectivity index (χ0v) is 16.2. The highest BCUT2D eigenvalue weighted by atomic mass is 16.1. The van der Waals surface area contributed by atoms with Gasteiger partial charge in [-0.3, -0.25) is 19.4 Å². The van der Waals surface area contributed by atoms with E-state index in [2.05, 4.69) is 15.3 Å². The molecule has 0 radical (unpaired) electrons. The largest absolute Gasteiger partial charge is 0.355 e. The van der Waals surface area contributed by atoms with Gasteiger partial charge in [-0.2, -0.15) is 0 Å². The Morgan fingerprint density at radius 2 is 2.10 bits per heavy atom. The summed E-state index contributed by atoms with van der Waals surface area (Å²) in [7, 11) is 1.50. The molecule has 4 aromatic heterocycles. The average Bonchev–Trinajstić information content (AvgIpc) is 3.23. The Hall–Kier alpha value is -3.75. The van der Waals surface area contributed by atoms with Gasteiger partial charge < -0.3 is 14.5 Å². The Balaban J connectivity index is 1.92. The van der Waals surface area contributed by atoms with Gasteiger partial charge in [-0.05, 0) is 31.0 Å². The number of carbonyl (C=O) groups excluding carboxylic acids is 1. The first kappa shape index (κ1) is 18.6. The van der Waals surface area contributed by atoms with Crippen LogP contribution in [0, 0.1) is 12.3 Å². The van der Waals surface area contributed by atoms with Gasteiger partial charge in [-0.25, -0.2) is 9.97 Å². The third-order valence-corrected chi connectivity index (χ3v) is 4.88. The van der Waals surface area contributed by atoms with E-state index in [1.807, 2.05) is 23.8 Å². The second-order valence-corrected chi connectivity index (χ2v) is 6.88. The Morgan fingerprint density at radius 3 is 2.83 bits per heavy atom. The molecule has 1 amide bonds. The summed E-state index contributed by atoms with van der Waals surface area (Å²) in [4.78, 5) is 34.1. The summed E-state index contributed by atoms with van der Waals surface area (Å²) in [5.74, 6) is -0.408. The van der Waals surface area contributed by atoms with Crippen molar-refractivity contribution in [3.63, 3.8) is 0 Å². The minimum atomic E-state index is -0.408. The molecule has 0 saturated carbocycles. The van der Waals surface area contributed by atoms with Crippen LogP contribution in [0.25, 0.3) is 16.7 Å². The fourth-order valence-corrected chi connectivity index (χ4v) is 3.40. The number of pyridine rings is 2. The number of nitrogens with zero attached hydrogens (tertiary/aromatic N) is 5. The average molecular weight is 391 g/mol. The Kier molecular flexibility index (Phi) is 4.71. The molecule has 4 heterocycles. The molecule has 2 N–H and O–H groups in total. The number of nitrogens with one attached hydrogen (secondary N) is 2. The third-order valence-electron chi connectivity index (χ3n) is 4.88. The summed E-state index contributed by atoms with van der Waals surface area (Å²) >= 11 is 0. The van der Waals surface area contributed by atoms with E-state index in [9.17, 15) is 9.59 Å². The standard InChI is InChI=1S/C20H21N7O2/c1-13-4-5-16-24-18-15(20(29)27(16)11-13)10-14(19(28)22-2)17(21)26(18)8-3-7-25-9-6-23-12-25/h4-6,9-12,21H,3,7-8H2,1-2H3,(H,22,28). The van der Waals surface area contributed by atoms with Gasteiger partial charge in [0.15, 0.2) is 0 Å². The number of aryl methyl sites for hydroxylation is 3. The first-order valence-corrected chi connectivity index (χ1v) is 9.28. The smallest absolute Gasteiger partial charge is 0.267 e. The van der Waals surface area contributed by atoms with E-state index in [4.69, 9.17) is 5.41 Å². The third kappa shape index (κ3) is 3.31.